The maximum absolute atomic E-state index is 11.6. The van der Waals surface area contributed by atoms with Crippen molar-refractivity contribution in [2.75, 3.05) is 6.54 Å². The predicted molar refractivity (Wildman–Crippen MR) is 69.9 cm³/mol. The van der Waals surface area contributed by atoms with Crippen LogP contribution in [0.25, 0.3) is 6.08 Å². The number of hydrogen-bond acceptors (Lipinski definition) is 4. The van der Waals surface area contributed by atoms with E-state index in [0.29, 0.717) is 5.56 Å². The number of nitrogens with zero attached hydrogens (tertiary/aromatic N) is 2. The first-order chi connectivity index (χ1) is 9.08. The molecule has 1 amide bonds. The number of amides is 1. The van der Waals surface area contributed by atoms with Gasteiger partial charge in [-0.2, -0.15) is 5.26 Å². The molecule has 0 bridgehead atoms. The number of carbonyl (C=O) groups is 1. The van der Waals surface area contributed by atoms with Gasteiger partial charge in [0.25, 0.3) is 11.6 Å². The third-order valence-electron chi connectivity index (χ3n) is 2.16. The molecule has 0 spiro atoms. The quantitative estimate of drug-likeness (QED) is 0.286. The molecule has 6 nitrogen and oxygen atoms in total. The molecule has 1 aromatic rings. The van der Waals surface area contributed by atoms with Crippen LogP contribution in [0.1, 0.15) is 5.56 Å². The Kier molecular flexibility index (Phi) is 4.99. The minimum absolute atomic E-state index is 0.0995. The maximum atomic E-state index is 11.6. The number of carbonyl (C=O) groups excluding carboxylic acids is 1. The summed E-state index contributed by atoms with van der Waals surface area (Å²) >= 11 is 0. The molecule has 0 radical (unpaired) electrons. The summed E-state index contributed by atoms with van der Waals surface area (Å²) < 4.78 is 0. The smallest absolute Gasteiger partial charge is 0.270 e. The summed E-state index contributed by atoms with van der Waals surface area (Å²) in [5.41, 5.74) is 0.194. The second kappa shape index (κ2) is 6.71. The minimum atomic E-state index is -0.547. The van der Waals surface area contributed by atoms with Crippen molar-refractivity contribution in [2.24, 2.45) is 0 Å². The van der Waals surface area contributed by atoms with Gasteiger partial charge in [0.05, 0.1) is 4.92 Å². The number of non-ortho nitro benzene ring substituents is 1. The van der Waals surface area contributed by atoms with Crippen LogP contribution in [0, 0.1) is 21.4 Å². The van der Waals surface area contributed by atoms with Crippen LogP contribution < -0.4 is 5.32 Å². The van der Waals surface area contributed by atoms with Crippen molar-refractivity contribution < 1.29 is 9.72 Å². The molecule has 96 valence electrons. The van der Waals surface area contributed by atoms with Crippen molar-refractivity contribution in [3.8, 4) is 6.07 Å². The highest BCUT2D eigenvalue weighted by molar-refractivity contribution is 6.01. The lowest BCUT2D eigenvalue weighted by atomic mass is 10.1. The van der Waals surface area contributed by atoms with Crippen LogP contribution in [-0.4, -0.2) is 17.4 Å². The SMILES string of the molecule is C=CCNC(=O)/C(C#N)=C\c1cccc([N+](=O)[O-])c1. The molecule has 1 N–H and O–H groups in total. The summed E-state index contributed by atoms with van der Waals surface area (Å²) in [4.78, 5) is 21.6. The summed E-state index contributed by atoms with van der Waals surface area (Å²) in [7, 11) is 0. The van der Waals surface area contributed by atoms with Crippen molar-refractivity contribution >= 4 is 17.7 Å². The third kappa shape index (κ3) is 4.09. The van der Waals surface area contributed by atoms with Crippen molar-refractivity contribution in [1.29, 1.82) is 5.26 Å². The van der Waals surface area contributed by atoms with E-state index in [1.165, 1.54) is 30.4 Å². The van der Waals surface area contributed by atoms with Gasteiger partial charge in [-0.3, -0.25) is 14.9 Å². The Morgan fingerprint density at radius 3 is 2.89 bits per heavy atom. The Bertz CT molecular complexity index is 585. The predicted octanol–water partition coefficient (Wildman–Crippen LogP) is 1.80. The maximum Gasteiger partial charge on any atom is 0.270 e. The molecule has 1 aromatic carbocycles. The number of nitro groups is 1. The molecular weight excluding hydrogens is 246 g/mol. The van der Waals surface area contributed by atoms with Gasteiger partial charge in [0.2, 0.25) is 0 Å². The van der Waals surface area contributed by atoms with Crippen LogP contribution in [0.15, 0.2) is 42.5 Å². The van der Waals surface area contributed by atoms with Gasteiger partial charge in [-0.05, 0) is 11.6 Å². The second-order valence-electron chi connectivity index (χ2n) is 3.52. The molecule has 0 aliphatic rings. The lowest BCUT2D eigenvalue weighted by molar-refractivity contribution is -0.384. The van der Waals surface area contributed by atoms with E-state index in [0.717, 1.165) is 0 Å². The Hall–Kier alpha value is -2.94. The van der Waals surface area contributed by atoms with Gasteiger partial charge >= 0.3 is 0 Å². The fourth-order valence-electron chi connectivity index (χ4n) is 1.30. The van der Waals surface area contributed by atoms with Crippen LogP contribution in [-0.2, 0) is 4.79 Å². The molecule has 6 heteroatoms. The zero-order valence-electron chi connectivity index (χ0n) is 10.00. The summed E-state index contributed by atoms with van der Waals surface area (Å²) in [6.07, 6.45) is 2.78. The molecule has 0 heterocycles. The average molecular weight is 257 g/mol. The summed E-state index contributed by atoms with van der Waals surface area (Å²) in [6, 6.07) is 7.44. The minimum Gasteiger partial charge on any atom is -0.348 e. The summed E-state index contributed by atoms with van der Waals surface area (Å²) in [5.74, 6) is -0.547. The zero-order chi connectivity index (χ0) is 14.3. The van der Waals surface area contributed by atoms with Gasteiger partial charge in [-0.1, -0.05) is 18.2 Å². The third-order valence-corrected chi connectivity index (χ3v) is 2.16. The molecule has 0 aliphatic heterocycles. The molecule has 0 unspecified atom stereocenters. The Morgan fingerprint density at radius 2 is 2.32 bits per heavy atom. The average Bonchev–Trinajstić information content (AvgIpc) is 2.42. The molecule has 0 aromatic heterocycles. The number of nitrogens with one attached hydrogen (secondary N) is 1. The van der Waals surface area contributed by atoms with Gasteiger partial charge in [-0.15, -0.1) is 6.58 Å². The van der Waals surface area contributed by atoms with Crippen LogP contribution in [0.5, 0.6) is 0 Å². The molecule has 0 saturated heterocycles. The van der Waals surface area contributed by atoms with E-state index in [1.54, 1.807) is 12.1 Å². The van der Waals surface area contributed by atoms with Crippen LogP contribution in [0.3, 0.4) is 0 Å². The molecular formula is C13H11N3O3. The van der Waals surface area contributed by atoms with Gasteiger partial charge in [-0.25, -0.2) is 0 Å². The Balaban J connectivity index is 3.01. The van der Waals surface area contributed by atoms with E-state index in [9.17, 15) is 14.9 Å². The van der Waals surface area contributed by atoms with Crippen LogP contribution in [0.4, 0.5) is 5.69 Å². The van der Waals surface area contributed by atoms with Crippen molar-refractivity contribution in [3.63, 3.8) is 0 Å². The monoisotopic (exact) mass is 257 g/mol. The standard InChI is InChI=1S/C13H11N3O3/c1-2-6-15-13(17)11(9-14)7-10-4-3-5-12(8-10)16(18)19/h2-5,7-8H,1,6H2,(H,15,17)/b11-7-. The first-order valence-corrected chi connectivity index (χ1v) is 5.34. The molecule has 0 fully saturated rings. The largest absolute Gasteiger partial charge is 0.348 e. The fraction of sp³-hybridized carbons (Fsp3) is 0.0769. The highest BCUT2D eigenvalue weighted by atomic mass is 16.6. The highest BCUT2D eigenvalue weighted by Gasteiger charge is 2.09. The summed E-state index contributed by atoms with van der Waals surface area (Å²) in [5, 5.41) is 22.0. The lowest BCUT2D eigenvalue weighted by Gasteiger charge is -2.00. The summed E-state index contributed by atoms with van der Waals surface area (Å²) in [6.45, 7) is 3.68. The highest BCUT2D eigenvalue weighted by Crippen LogP contribution is 2.15. The Morgan fingerprint density at radius 1 is 1.58 bits per heavy atom. The molecule has 0 atom stereocenters. The Labute approximate surface area is 109 Å². The van der Waals surface area contributed by atoms with Gasteiger partial charge in [0, 0.05) is 18.7 Å². The molecule has 0 aliphatic carbocycles. The molecule has 1 rings (SSSR count). The second-order valence-corrected chi connectivity index (χ2v) is 3.52. The van der Waals surface area contributed by atoms with Gasteiger partial charge in [0.1, 0.15) is 11.6 Å². The number of rotatable bonds is 5. The zero-order valence-corrected chi connectivity index (χ0v) is 10.00. The van der Waals surface area contributed by atoms with Crippen LogP contribution >= 0.6 is 0 Å². The van der Waals surface area contributed by atoms with E-state index < -0.39 is 10.8 Å². The van der Waals surface area contributed by atoms with Gasteiger partial charge in [0.15, 0.2) is 0 Å². The van der Waals surface area contributed by atoms with E-state index >= 15 is 0 Å². The van der Waals surface area contributed by atoms with E-state index in [4.69, 9.17) is 5.26 Å². The number of hydrogen-bond donors (Lipinski definition) is 1. The molecule has 0 saturated carbocycles. The van der Waals surface area contributed by atoms with E-state index in [-0.39, 0.29) is 17.8 Å². The van der Waals surface area contributed by atoms with E-state index in [2.05, 4.69) is 11.9 Å². The molecule has 19 heavy (non-hydrogen) atoms. The fourth-order valence-corrected chi connectivity index (χ4v) is 1.30. The first kappa shape index (κ1) is 14.1. The van der Waals surface area contributed by atoms with Crippen molar-refractivity contribution in [2.45, 2.75) is 0 Å². The normalized spacial score (nSPS) is 10.4. The van der Waals surface area contributed by atoms with Crippen molar-refractivity contribution in [1.82, 2.24) is 5.32 Å². The lowest BCUT2D eigenvalue weighted by Crippen LogP contribution is -2.24. The number of nitro benzene ring substituents is 1. The van der Waals surface area contributed by atoms with Crippen LogP contribution in [0.2, 0.25) is 0 Å². The van der Waals surface area contributed by atoms with E-state index in [1.807, 2.05) is 0 Å². The first-order valence-electron chi connectivity index (χ1n) is 5.34. The van der Waals surface area contributed by atoms with Gasteiger partial charge < -0.3 is 5.32 Å². The number of benzene rings is 1. The van der Waals surface area contributed by atoms with Crippen molar-refractivity contribution in [3.05, 3.63) is 58.2 Å². The number of nitriles is 1. The topological polar surface area (TPSA) is 96.0 Å².